The molecule has 5 rings (SSSR count). The van der Waals surface area contributed by atoms with E-state index in [0.29, 0.717) is 19.4 Å². The predicted molar refractivity (Wildman–Crippen MR) is 163 cm³/mol. The molecule has 240 valence electrons. The van der Waals surface area contributed by atoms with E-state index in [2.05, 4.69) is 15.5 Å². The van der Waals surface area contributed by atoms with Crippen LogP contribution in [0.5, 0.6) is 0 Å². The second-order valence-electron chi connectivity index (χ2n) is 11.9. The zero-order valence-corrected chi connectivity index (χ0v) is 25.6. The van der Waals surface area contributed by atoms with Crippen molar-refractivity contribution in [3.63, 3.8) is 0 Å². The van der Waals surface area contributed by atoms with Crippen molar-refractivity contribution in [2.75, 3.05) is 25.9 Å². The van der Waals surface area contributed by atoms with Crippen LogP contribution in [0.3, 0.4) is 0 Å². The number of carbonyl (C=O) groups excluding carboxylic acids is 2. The molecule has 1 aliphatic heterocycles. The molecule has 45 heavy (non-hydrogen) atoms. The minimum Gasteiger partial charge on any atom is -0.385 e. The lowest BCUT2D eigenvalue weighted by molar-refractivity contribution is -0.137. The number of benzene rings is 3. The number of rotatable bonds is 8. The number of sulfone groups is 1. The van der Waals surface area contributed by atoms with Crippen molar-refractivity contribution in [1.29, 1.82) is 0 Å². The fourth-order valence-electron chi connectivity index (χ4n) is 6.22. The SMILES string of the molecule is CS(=O)(=O)c1ccc(-c2ccc(C3(O)CCC(N4CCC(NC(=O)CNC(=O)c5cccc(C(F)(F)F)c5)C4)CC3)cc2)cc1. The number of nitrogens with zero attached hydrogens (tertiary/aromatic N) is 1. The van der Waals surface area contributed by atoms with Crippen molar-refractivity contribution in [2.24, 2.45) is 0 Å². The first-order valence-electron chi connectivity index (χ1n) is 14.8. The second kappa shape index (κ2) is 12.9. The molecule has 12 heteroatoms. The summed E-state index contributed by atoms with van der Waals surface area (Å²) in [5.74, 6) is -1.16. The molecule has 0 aromatic heterocycles. The molecule has 3 aromatic rings. The Morgan fingerprint density at radius 1 is 0.956 bits per heavy atom. The van der Waals surface area contributed by atoms with E-state index in [9.17, 15) is 36.3 Å². The zero-order chi connectivity index (χ0) is 32.4. The molecule has 8 nitrogen and oxygen atoms in total. The molecule has 1 unspecified atom stereocenters. The number of carbonyl (C=O) groups is 2. The summed E-state index contributed by atoms with van der Waals surface area (Å²) in [5.41, 5.74) is 0.617. The lowest BCUT2D eigenvalue weighted by atomic mass is 9.77. The zero-order valence-electron chi connectivity index (χ0n) is 24.8. The summed E-state index contributed by atoms with van der Waals surface area (Å²) in [6.07, 6.45) is 0.112. The van der Waals surface area contributed by atoms with E-state index < -0.39 is 39.0 Å². The summed E-state index contributed by atoms with van der Waals surface area (Å²) < 4.78 is 62.3. The molecule has 0 radical (unpaired) electrons. The number of nitrogens with one attached hydrogen (secondary N) is 2. The van der Waals surface area contributed by atoms with Gasteiger partial charge in [0.25, 0.3) is 5.91 Å². The summed E-state index contributed by atoms with van der Waals surface area (Å²) >= 11 is 0. The summed E-state index contributed by atoms with van der Waals surface area (Å²) in [6.45, 7) is 1.09. The number of aliphatic hydroxyl groups is 1. The monoisotopic (exact) mass is 643 g/mol. The van der Waals surface area contributed by atoms with Crippen LogP contribution in [0.1, 0.15) is 53.6 Å². The predicted octanol–water partition coefficient (Wildman–Crippen LogP) is 4.53. The standard InChI is InChI=1S/C33H36F3N3O5S/c1-45(43,44)29-11-7-23(8-12-29)22-5-9-25(10-6-22)32(42)16-13-28(14-17-32)39-18-15-27(21-39)38-30(40)20-37-31(41)24-3-2-4-26(19-24)33(34,35)36/h2-12,19,27-28,42H,13-18,20-21H2,1H3,(H,37,41)(H,38,40). The van der Waals surface area contributed by atoms with Gasteiger partial charge in [-0.1, -0.05) is 42.5 Å². The number of hydrogen-bond donors (Lipinski definition) is 3. The van der Waals surface area contributed by atoms with E-state index >= 15 is 0 Å². The molecule has 1 saturated heterocycles. The van der Waals surface area contributed by atoms with Crippen LogP contribution in [0, 0.1) is 0 Å². The molecule has 0 spiro atoms. The maximum atomic E-state index is 12.9. The fourth-order valence-corrected chi connectivity index (χ4v) is 6.85. The summed E-state index contributed by atoms with van der Waals surface area (Å²) in [7, 11) is -3.26. The third-order valence-corrected chi connectivity index (χ3v) is 9.91. The highest BCUT2D eigenvalue weighted by Gasteiger charge is 2.38. The van der Waals surface area contributed by atoms with Crippen LogP contribution >= 0.6 is 0 Å². The van der Waals surface area contributed by atoms with Gasteiger partial charge in [0.1, 0.15) is 0 Å². The quantitative estimate of drug-likeness (QED) is 0.333. The van der Waals surface area contributed by atoms with E-state index in [4.69, 9.17) is 0 Å². The summed E-state index contributed by atoms with van der Waals surface area (Å²) in [5, 5.41) is 16.8. The molecule has 2 fully saturated rings. The normalized spacial score (nSPS) is 22.6. The maximum absolute atomic E-state index is 12.9. The Morgan fingerprint density at radius 3 is 2.18 bits per heavy atom. The first kappa shape index (κ1) is 32.6. The molecule has 2 amide bonds. The molecule has 3 N–H and O–H groups in total. The Hall–Kier alpha value is -3.74. The van der Waals surface area contributed by atoms with Crippen LogP contribution in [-0.4, -0.2) is 68.2 Å². The number of halogens is 3. The van der Waals surface area contributed by atoms with Crippen LogP contribution in [0.15, 0.2) is 77.7 Å². The van der Waals surface area contributed by atoms with Gasteiger partial charge in [-0.15, -0.1) is 0 Å². The van der Waals surface area contributed by atoms with Gasteiger partial charge in [-0.05, 0) is 79.1 Å². The van der Waals surface area contributed by atoms with Gasteiger partial charge in [0.15, 0.2) is 9.84 Å². The Morgan fingerprint density at radius 2 is 1.58 bits per heavy atom. The minimum atomic E-state index is -4.57. The second-order valence-corrected chi connectivity index (χ2v) is 14.0. The summed E-state index contributed by atoms with van der Waals surface area (Å²) in [6, 6.07) is 18.6. The Balaban J connectivity index is 1.08. The topological polar surface area (TPSA) is 116 Å². The average molecular weight is 644 g/mol. The molecular weight excluding hydrogens is 607 g/mol. The first-order chi connectivity index (χ1) is 21.2. The van der Waals surface area contributed by atoms with Gasteiger partial charge < -0.3 is 15.7 Å². The van der Waals surface area contributed by atoms with Crippen molar-refractivity contribution in [2.45, 2.75) is 60.9 Å². The van der Waals surface area contributed by atoms with Crippen LogP contribution in [0.4, 0.5) is 13.2 Å². The molecule has 2 aliphatic rings. The van der Waals surface area contributed by atoms with E-state index in [-0.39, 0.29) is 29.1 Å². The Labute approximate surface area is 260 Å². The fraction of sp³-hybridized carbons (Fsp3) is 0.394. The third kappa shape index (κ3) is 7.92. The van der Waals surface area contributed by atoms with E-state index in [1.165, 1.54) is 12.3 Å². The number of likely N-dealkylation sites (tertiary alicyclic amines) is 1. The molecule has 1 aliphatic carbocycles. The van der Waals surface area contributed by atoms with E-state index in [1.54, 1.807) is 24.3 Å². The number of hydrogen-bond acceptors (Lipinski definition) is 6. The van der Waals surface area contributed by atoms with Crippen LogP contribution in [0.2, 0.25) is 0 Å². The van der Waals surface area contributed by atoms with Gasteiger partial charge in [0.2, 0.25) is 5.91 Å². The number of amides is 2. The Kier molecular flexibility index (Phi) is 9.39. The van der Waals surface area contributed by atoms with Crippen LogP contribution in [0.25, 0.3) is 11.1 Å². The first-order valence-corrected chi connectivity index (χ1v) is 16.7. The third-order valence-electron chi connectivity index (χ3n) is 8.78. The molecule has 1 saturated carbocycles. The summed E-state index contributed by atoms with van der Waals surface area (Å²) in [4.78, 5) is 27.3. The molecular formula is C33H36F3N3O5S. The minimum absolute atomic E-state index is 0.109. The molecule has 1 heterocycles. The highest BCUT2D eigenvalue weighted by Crippen LogP contribution is 2.40. The van der Waals surface area contributed by atoms with Crippen LogP contribution < -0.4 is 10.6 Å². The van der Waals surface area contributed by atoms with Gasteiger partial charge in [-0.25, -0.2) is 8.42 Å². The van der Waals surface area contributed by atoms with Gasteiger partial charge >= 0.3 is 6.18 Å². The van der Waals surface area contributed by atoms with Gasteiger partial charge in [-0.3, -0.25) is 14.5 Å². The molecule has 1 atom stereocenters. The number of alkyl halides is 3. The average Bonchev–Trinajstić information content (AvgIpc) is 3.48. The maximum Gasteiger partial charge on any atom is 0.416 e. The van der Waals surface area contributed by atoms with Crippen molar-refractivity contribution in [3.05, 3.63) is 89.5 Å². The highest BCUT2D eigenvalue weighted by molar-refractivity contribution is 7.90. The Bertz CT molecular complexity index is 1640. The van der Waals surface area contributed by atoms with Gasteiger partial charge in [0.05, 0.1) is 22.6 Å². The molecule has 3 aromatic carbocycles. The van der Waals surface area contributed by atoms with Gasteiger partial charge in [-0.2, -0.15) is 13.2 Å². The lowest BCUT2D eigenvalue weighted by Crippen LogP contribution is -2.45. The highest BCUT2D eigenvalue weighted by atomic mass is 32.2. The van der Waals surface area contributed by atoms with Crippen molar-refractivity contribution >= 4 is 21.7 Å². The van der Waals surface area contributed by atoms with Gasteiger partial charge in [0, 0.05) is 37.0 Å². The van der Waals surface area contributed by atoms with Crippen molar-refractivity contribution in [1.82, 2.24) is 15.5 Å². The lowest BCUT2D eigenvalue weighted by Gasteiger charge is -2.40. The smallest absolute Gasteiger partial charge is 0.385 e. The molecule has 0 bridgehead atoms. The largest absolute Gasteiger partial charge is 0.416 e. The van der Waals surface area contributed by atoms with Crippen molar-refractivity contribution in [3.8, 4) is 11.1 Å². The van der Waals surface area contributed by atoms with Crippen LogP contribution in [-0.2, 0) is 26.4 Å². The van der Waals surface area contributed by atoms with E-state index in [0.717, 1.165) is 60.7 Å². The van der Waals surface area contributed by atoms with Crippen molar-refractivity contribution < 1.29 is 36.3 Å². The van der Waals surface area contributed by atoms with E-state index in [1.807, 2.05) is 24.3 Å².